The third-order valence-electron chi connectivity index (χ3n) is 2.57. The van der Waals surface area contributed by atoms with Gasteiger partial charge in [-0.25, -0.2) is 0 Å². The van der Waals surface area contributed by atoms with E-state index in [0.29, 0.717) is 6.04 Å². The van der Waals surface area contributed by atoms with Crippen molar-refractivity contribution in [2.24, 2.45) is 0 Å². The van der Waals surface area contributed by atoms with Gasteiger partial charge in [0.15, 0.2) is 0 Å². The van der Waals surface area contributed by atoms with E-state index in [2.05, 4.69) is 17.3 Å². The van der Waals surface area contributed by atoms with Crippen LogP contribution in [0.25, 0.3) is 0 Å². The highest BCUT2D eigenvalue weighted by molar-refractivity contribution is 5.67. The molecule has 1 atom stereocenters. The number of aliphatic carboxylic acids is 1. The number of hydrogen-bond donors (Lipinski definition) is 2. The molecule has 5 heteroatoms. The number of rotatable bonds is 7. The third-order valence-corrected chi connectivity index (χ3v) is 2.57. The van der Waals surface area contributed by atoms with Crippen LogP contribution >= 0.6 is 0 Å². The Hall–Kier alpha value is -1.36. The first kappa shape index (κ1) is 13.7. The van der Waals surface area contributed by atoms with Crippen LogP contribution in [0.2, 0.25) is 0 Å². The van der Waals surface area contributed by atoms with Gasteiger partial charge in [0.05, 0.1) is 12.6 Å². The molecule has 0 aromatic carbocycles. The molecule has 96 valence electrons. The molecule has 0 saturated heterocycles. The fourth-order valence-corrected chi connectivity index (χ4v) is 1.62. The second-order valence-electron chi connectivity index (χ2n) is 4.45. The molecule has 0 saturated carbocycles. The minimum Gasteiger partial charge on any atom is -0.481 e. The molecule has 0 amide bonds. The molecule has 1 heterocycles. The first-order chi connectivity index (χ1) is 8.04. The van der Waals surface area contributed by atoms with Crippen molar-refractivity contribution >= 4 is 5.97 Å². The predicted molar refractivity (Wildman–Crippen MR) is 65.9 cm³/mol. The Morgan fingerprint density at radius 1 is 1.59 bits per heavy atom. The topological polar surface area (TPSA) is 67.2 Å². The SMILES string of the molecule is CCCNC(CC(=O)O)c1cnn(C(C)C)c1. The summed E-state index contributed by atoms with van der Waals surface area (Å²) in [5.74, 6) is -0.795. The van der Waals surface area contributed by atoms with Crippen LogP contribution in [0.15, 0.2) is 12.4 Å². The van der Waals surface area contributed by atoms with Crippen molar-refractivity contribution in [1.29, 1.82) is 0 Å². The maximum atomic E-state index is 10.8. The molecule has 1 aromatic rings. The molecule has 1 rings (SSSR count). The van der Waals surface area contributed by atoms with Crippen LogP contribution < -0.4 is 5.32 Å². The Kier molecular flexibility index (Phi) is 5.15. The average Bonchev–Trinajstić information content (AvgIpc) is 2.72. The molecular formula is C12H21N3O2. The van der Waals surface area contributed by atoms with Gasteiger partial charge in [-0.1, -0.05) is 6.92 Å². The zero-order chi connectivity index (χ0) is 12.8. The standard InChI is InChI=1S/C12H21N3O2/c1-4-5-13-11(6-12(16)17)10-7-14-15(8-10)9(2)3/h7-9,11,13H,4-6H2,1-3H3,(H,16,17). The van der Waals surface area contributed by atoms with Gasteiger partial charge < -0.3 is 10.4 Å². The van der Waals surface area contributed by atoms with Gasteiger partial charge >= 0.3 is 5.97 Å². The summed E-state index contributed by atoms with van der Waals surface area (Å²) in [7, 11) is 0. The number of nitrogens with zero attached hydrogens (tertiary/aromatic N) is 2. The minimum absolute atomic E-state index is 0.0871. The Morgan fingerprint density at radius 2 is 2.29 bits per heavy atom. The van der Waals surface area contributed by atoms with E-state index in [1.54, 1.807) is 6.20 Å². The van der Waals surface area contributed by atoms with Crippen molar-refractivity contribution in [3.63, 3.8) is 0 Å². The molecule has 1 unspecified atom stereocenters. The second kappa shape index (κ2) is 6.39. The Labute approximate surface area is 102 Å². The zero-order valence-electron chi connectivity index (χ0n) is 10.7. The number of nitrogens with one attached hydrogen (secondary N) is 1. The van der Waals surface area contributed by atoms with Gasteiger partial charge in [-0.05, 0) is 26.8 Å². The zero-order valence-corrected chi connectivity index (χ0v) is 10.7. The van der Waals surface area contributed by atoms with E-state index in [-0.39, 0.29) is 12.5 Å². The Morgan fingerprint density at radius 3 is 2.76 bits per heavy atom. The lowest BCUT2D eigenvalue weighted by atomic mass is 10.1. The molecule has 0 fully saturated rings. The van der Waals surface area contributed by atoms with Gasteiger partial charge in [-0.2, -0.15) is 5.10 Å². The quantitative estimate of drug-likeness (QED) is 0.763. The number of hydrogen-bond acceptors (Lipinski definition) is 3. The fourth-order valence-electron chi connectivity index (χ4n) is 1.62. The maximum Gasteiger partial charge on any atom is 0.305 e. The van der Waals surface area contributed by atoms with E-state index in [9.17, 15) is 4.79 Å². The number of aromatic nitrogens is 2. The lowest BCUT2D eigenvalue weighted by molar-refractivity contribution is -0.137. The lowest BCUT2D eigenvalue weighted by Gasteiger charge is -2.14. The molecule has 0 aliphatic rings. The van der Waals surface area contributed by atoms with Gasteiger partial charge in [0.2, 0.25) is 0 Å². The maximum absolute atomic E-state index is 10.8. The highest BCUT2D eigenvalue weighted by atomic mass is 16.4. The normalized spacial score (nSPS) is 12.9. The van der Waals surface area contributed by atoms with Crippen LogP contribution in [0, 0.1) is 0 Å². The summed E-state index contributed by atoms with van der Waals surface area (Å²) in [6.45, 7) is 6.96. The summed E-state index contributed by atoms with van der Waals surface area (Å²) in [5, 5.41) is 16.4. The van der Waals surface area contributed by atoms with Crippen LogP contribution in [-0.2, 0) is 4.79 Å². The molecule has 0 aliphatic heterocycles. The van der Waals surface area contributed by atoms with E-state index in [1.807, 2.05) is 24.7 Å². The average molecular weight is 239 g/mol. The largest absolute Gasteiger partial charge is 0.481 e. The summed E-state index contributed by atoms with van der Waals surface area (Å²) in [6, 6.07) is 0.139. The van der Waals surface area contributed by atoms with Crippen molar-refractivity contribution in [3.05, 3.63) is 18.0 Å². The van der Waals surface area contributed by atoms with E-state index in [4.69, 9.17) is 5.11 Å². The van der Waals surface area contributed by atoms with Gasteiger partial charge in [0, 0.05) is 23.8 Å². The Bertz CT molecular complexity index is 360. The summed E-state index contributed by atoms with van der Waals surface area (Å²) in [6.07, 6.45) is 4.73. The Balaban J connectivity index is 2.76. The summed E-state index contributed by atoms with van der Waals surface area (Å²) in [4.78, 5) is 10.8. The monoisotopic (exact) mass is 239 g/mol. The molecule has 0 radical (unpaired) electrons. The second-order valence-corrected chi connectivity index (χ2v) is 4.45. The van der Waals surface area contributed by atoms with Crippen molar-refractivity contribution in [3.8, 4) is 0 Å². The van der Waals surface area contributed by atoms with E-state index >= 15 is 0 Å². The van der Waals surface area contributed by atoms with Crippen LogP contribution in [-0.4, -0.2) is 27.4 Å². The highest BCUT2D eigenvalue weighted by Crippen LogP contribution is 2.17. The molecule has 2 N–H and O–H groups in total. The highest BCUT2D eigenvalue weighted by Gasteiger charge is 2.16. The van der Waals surface area contributed by atoms with Gasteiger partial charge in [0.25, 0.3) is 0 Å². The van der Waals surface area contributed by atoms with E-state index < -0.39 is 5.97 Å². The van der Waals surface area contributed by atoms with Crippen LogP contribution in [0.4, 0.5) is 0 Å². The molecular weight excluding hydrogens is 218 g/mol. The fraction of sp³-hybridized carbons (Fsp3) is 0.667. The van der Waals surface area contributed by atoms with Gasteiger partial charge in [0.1, 0.15) is 0 Å². The molecule has 5 nitrogen and oxygen atoms in total. The van der Waals surface area contributed by atoms with Crippen LogP contribution in [0.3, 0.4) is 0 Å². The van der Waals surface area contributed by atoms with E-state index in [1.165, 1.54) is 0 Å². The first-order valence-corrected chi connectivity index (χ1v) is 6.03. The number of carboxylic acid groups (broad SMARTS) is 1. The predicted octanol–water partition coefficient (Wildman–Crippen LogP) is 1.98. The van der Waals surface area contributed by atoms with Crippen molar-refractivity contribution in [2.45, 2.75) is 45.7 Å². The lowest BCUT2D eigenvalue weighted by Crippen LogP contribution is -2.24. The van der Waals surface area contributed by atoms with Crippen molar-refractivity contribution < 1.29 is 9.90 Å². The molecule has 0 spiro atoms. The van der Waals surface area contributed by atoms with Crippen molar-refractivity contribution in [1.82, 2.24) is 15.1 Å². The summed E-state index contributed by atoms with van der Waals surface area (Å²) >= 11 is 0. The van der Waals surface area contributed by atoms with Gasteiger partial charge in [-0.3, -0.25) is 9.48 Å². The van der Waals surface area contributed by atoms with Crippen molar-refractivity contribution in [2.75, 3.05) is 6.54 Å². The summed E-state index contributed by atoms with van der Waals surface area (Å²) < 4.78 is 1.85. The minimum atomic E-state index is -0.795. The van der Waals surface area contributed by atoms with E-state index in [0.717, 1.165) is 18.5 Å². The number of carbonyl (C=O) groups is 1. The molecule has 1 aromatic heterocycles. The molecule has 0 aliphatic carbocycles. The number of carboxylic acids is 1. The molecule has 0 bridgehead atoms. The third kappa shape index (κ3) is 4.19. The van der Waals surface area contributed by atoms with Gasteiger partial charge in [-0.15, -0.1) is 0 Å². The first-order valence-electron chi connectivity index (χ1n) is 6.03. The summed E-state index contributed by atoms with van der Waals surface area (Å²) in [5.41, 5.74) is 0.939. The smallest absolute Gasteiger partial charge is 0.305 e. The molecule has 17 heavy (non-hydrogen) atoms. The van der Waals surface area contributed by atoms with Crippen LogP contribution in [0.5, 0.6) is 0 Å². The van der Waals surface area contributed by atoms with Crippen LogP contribution in [0.1, 0.15) is 51.3 Å².